The minimum Gasteiger partial charge on any atom is -0.456 e. The Kier molecular flexibility index (Phi) is 5.22. The minimum atomic E-state index is -0.622. The smallest absolute Gasteiger partial charge is 0.340 e. The van der Waals surface area contributed by atoms with Crippen LogP contribution in [0.3, 0.4) is 0 Å². The summed E-state index contributed by atoms with van der Waals surface area (Å²) in [6, 6.07) is 3.21. The molecule has 0 bridgehead atoms. The number of rotatable bonds is 4. The van der Waals surface area contributed by atoms with Gasteiger partial charge in [0.25, 0.3) is 0 Å². The summed E-state index contributed by atoms with van der Waals surface area (Å²) in [5, 5.41) is 0.263. The van der Waals surface area contributed by atoms with Crippen LogP contribution in [0.2, 0.25) is 0 Å². The van der Waals surface area contributed by atoms with Crippen LogP contribution in [0, 0.1) is 0 Å². The number of nitrogens with zero attached hydrogens (tertiary/aromatic N) is 2. The lowest BCUT2D eigenvalue weighted by Crippen LogP contribution is -2.24. The van der Waals surface area contributed by atoms with E-state index in [1.54, 1.807) is 32.9 Å². The van der Waals surface area contributed by atoms with E-state index in [0.29, 0.717) is 17.5 Å². The number of nitrogen functional groups attached to an aromatic ring is 1. The average molecular weight is 349 g/mol. The zero-order valence-corrected chi connectivity index (χ0v) is 15.3. The van der Waals surface area contributed by atoms with Crippen LogP contribution in [0.5, 0.6) is 0 Å². The third-order valence-corrected chi connectivity index (χ3v) is 3.76. The Morgan fingerprint density at radius 1 is 1.33 bits per heavy atom. The number of hydrogen-bond acceptors (Lipinski definition) is 6. The standard InChI is InChI=1S/C17H23N3O3S/c1-5-6-7-12(21)20-11-9-8-10(15(22)23-17(2,3)4)13(18)14(11)19-16(20)24/h8-9H,5-7,18H2,1-4H3,(H,19,24). The van der Waals surface area contributed by atoms with Crippen molar-refractivity contribution in [3.05, 3.63) is 17.7 Å². The number of carbonyl (C=O) groups excluding carboxylic acids is 2. The van der Waals surface area contributed by atoms with E-state index in [-0.39, 0.29) is 22.3 Å². The molecule has 130 valence electrons. The van der Waals surface area contributed by atoms with Crippen molar-refractivity contribution in [1.82, 2.24) is 9.55 Å². The normalized spacial score (nSPS) is 11.7. The quantitative estimate of drug-likeness (QED) is 0.499. The number of carbonyl (C=O) groups is 2. The predicted octanol–water partition coefficient (Wildman–Crippen LogP) is 3.69. The first-order valence-corrected chi connectivity index (χ1v) is 8.37. The van der Waals surface area contributed by atoms with Crippen molar-refractivity contribution in [3.8, 4) is 0 Å². The molecule has 0 unspecified atom stereocenters. The molecule has 0 amide bonds. The second-order valence-electron chi connectivity index (χ2n) is 6.64. The van der Waals surface area contributed by atoms with Crippen LogP contribution in [0.4, 0.5) is 5.69 Å². The first-order valence-electron chi connectivity index (χ1n) is 7.92. The van der Waals surface area contributed by atoms with Crippen LogP contribution in [-0.4, -0.2) is 27.0 Å². The lowest BCUT2D eigenvalue weighted by atomic mass is 10.1. The van der Waals surface area contributed by atoms with Crippen molar-refractivity contribution < 1.29 is 14.3 Å². The molecule has 0 spiro atoms. The number of ether oxygens (including phenoxy) is 1. The topological polar surface area (TPSA) is 87.2 Å². The summed E-state index contributed by atoms with van der Waals surface area (Å²) in [5.41, 5.74) is 6.83. The number of nitrogens with two attached hydrogens (primary N) is 1. The van der Waals surface area contributed by atoms with Crippen LogP contribution in [0.15, 0.2) is 17.3 Å². The SMILES string of the molecule is CCCCC(=O)n1c(S)nc2c(N)c(C(=O)OC(C)(C)C)ccc21. The first-order chi connectivity index (χ1) is 11.2. The zero-order valence-electron chi connectivity index (χ0n) is 14.4. The highest BCUT2D eigenvalue weighted by atomic mass is 32.1. The van der Waals surface area contributed by atoms with Crippen LogP contribution in [-0.2, 0) is 4.74 Å². The van der Waals surface area contributed by atoms with Crippen LogP contribution in [0.1, 0.15) is 62.1 Å². The number of benzene rings is 1. The van der Waals surface area contributed by atoms with E-state index in [1.165, 1.54) is 4.57 Å². The highest BCUT2D eigenvalue weighted by Gasteiger charge is 2.23. The number of thiol groups is 1. The minimum absolute atomic E-state index is 0.0891. The summed E-state index contributed by atoms with van der Waals surface area (Å²) < 4.78 is 6.79. The van der Waals surface area contributed by atoms with E-state index in [1.807, 2.05) is 6.92 Å². The molecule has 0 aliphatic heterocycles. The summed E-state index contributed by atoms with van der Waals surface area (Å²) in [7, 11) is 0. The van der Waals surface area contributed by atoms with Crippen LogP contribution < -0.4 is 5.73 Å². The molecule has 1 aromatic carbocycles. The Morgan fingerprint density at radius 2 is 2.00 bits per heavy atom. The van der Waals surface area contributed by atoms with Gasteiger partial charge in [-0.15, -0.1) is 12.6 Å². The van der Waals surface area contributed by atoms with Crippen LogP contribution >= 0.6 is 12.6 Å². The average Bonchev–Trinajstić information content (AvgIpc) is 2.80. The predicted molar refractivity (Wildman–Crippen MR) is 96.7 cm³/mol. The van der Waals surface area contributed by atoms with Crippen molar-refractivity contribution in [3.63, 3.8) is 0 Å². The van der Waals surface area contributed by atoms with E-state index < -0.39 is 11.6 Å². The van der Waals surface area contributed by atoms with Gasteiger partial charge in [0.15, 0.2) is 5.16 Å². The molecule has 0 atom stereocenters. The lowest BCUT2D eigenvalue weighted by Gasteiger charge is -2.20. The summed E-state index contributed by atoms with van der Waals surface area (Å²) in [4.78, 5) is 28.9. The van der Waals surface area contributed by atoms with Crippen molar-refractivity contribution in [2.45, 2.75) is 57.7 Å². The number of hydrogen-bond donors (Lipinski definition) is 2. The van der Waals surface area contributed by atoms with Gasteiger partial charge in [-0.25, -0.2) is 9.78 Å². The van der Waals surface area contributed by atoms with Gasteiger partial charge < -0.3 is 10.5 Å². The molecular weight excluding hydrogens is 326 g/mol. The molecule has 0 fully saturated rings. The molecule has 1 heterocycles. The number of aromatic nitrogens is 2. The van der Waals surface area contributed by atoms with Gasteiger partial charge in [0.1, 0.15) is 11.1 Å². The highest BCUT2D eigenvalue weighted by Crippen LogP contribution is 2.28. The maximum absolute atomic E-state index is 12.4. The summed E-state index contributed by atoms with van der Waals surface area (Å²) in [6.07, 6.45) is 2.12. The van der Waals surface area contributed by atoms with E-state index in [0.717, 1.165) is 12.8 Å². The Bertz CT molecular complexity index is 790. The molecule has 7 heteroatoms. The van der Waals surface area contributed by atoms with Gasteiger partial charge in [-0.2, -0.15) is 0 Å². The Balaban J connectivity index is 2.47. The Morgan fingerprint density at radius 3 is 2.58 bits per heavy atom. The molecular formula is C17H23N3O3S. The monoisotopic (exact) mass is 349 g/mol. The van der Waals surface area contributed by atoms with Gasteiger partial charge >= 0.3 is 5.97 Å². The van der Waals surface area contributed by atoms with Gasteiger partial charge in [0.2, 0.25) is 5.91 Å². The Hall–Kier alpha value is -2.02. The number of unbranched alkanes of at least 4 members (excludes halogenated alkanes) is 1. The third-order valence-electron chi connectivity index (χ3n) is 3.46. The van der Waals surface area contributed by atoms with E-state index in [2.05, 4.69) is 17.6 Å². The first kappa shape index (κ1) is 18.3. The zero-order chi connectivity index (χ0) is 18.1. The summed E-state index contributed by atoms with van der Waals surface area (Å²) >= 11 is 4.28. The van der Waals surface area contributed by atoms with E-state index in [9.17, 15) is 9.59 Å². The molecule has 2 aromatic rings. The number of imidazole rings is 1. The van der Waals surface area contributed by atoms with Gasteiger partial charge in [-0.3, -0.25) is 9.36 Å². The maximum atomic E-state index is 12.4. The molecule has 24 heavy (non-hydrogen) atoms. The van der Waals surface area contributed by atoms with Gasteiger partial charge in [-0.05, 0) is 39.3 Å². The molecule has 1 aromatic heterocycles. The molecule has 0 radical (unpaired) electrons. The second kappa shape index (κ2) is 6.84. The molecule has 6 nitrogen and oxygen atoms in total. The van der Waals surface area contributed by atoms with Gasteiger partial charge in [0, 0.05) is 6.42 Å². The van der Waals surface area contributed by atoms with Crippen LogP contribution in [0.25, 0.3) is 11.0 Å². The van der Waals surface area contributed by atoms with Crippen molar-refractivity contribution in [2.75, 3.05) is 5.73 Å². The highest BCUT2D eigenvalue weighted by molar-refractivity contribution is 7.80. The summed E-state index contributed by atoms with van der Waals surface area (Å²) in [6.45, 7) is 7.37. The van der Waals surface area contributed by atoms with E-state index >= 15 is 0 Å². The fraction of sp³-hybridized carbons (Fsp3) is 0.471. The molecule has 0 saturated carbocycles. The summed E-state index contributed by atoms with van der Waals surface area (Å²) in [5.74, 6) is -0.608. The van der Waals surface area contributed by atoms with Crippen molar-refractivity contribution >= 4 is 41.2 Å². The maximum Gasteiger partial charge on any atom is 0.340 e. The lowest BCUT2D eigenvalue weighted by molar-refractivity contribution is 0.00708. The largest absolute Gasteiger partial charge is 0.456 e. The molecule has 2 rings (SSSR count). The second-order valence-corrected chi connectivity index (χ2v) is 7.04. The van der Waals surface area contributed by atoms with Crippen molar-refractivity contribution in [1.29, 1.82) is 0 Å². The van der Waals surface area contributed by atoms with Gasteiger partial charge in [0.05, 0.1) is 16.8 Å². The molecule has 2 N–H and O–H groups in total. The van der Waals surface area contributed by atoms with Crippen molar-refractivity contribution in [2.24, 2.45) is 0 Å². The number of fused-ring (bicyclic) bond motifs is 1. The molecule has 0 saturated heterocycles. The van der Waals surface area contributed by atoms with E-state index in [4.69, 9.17) is 10.5 Å². The molecule has 0 aliphatic rings. The third kappa shape index (κ3) is 3.72. The molecule has 0 aliphatic carbocycles. The number of esters is 1. The Labute approximate surface area is 146 Å². The van der Waals surface area contributed by atoms with Gasteiger partial charge in [-0.1, -0.05) is 13.3 Å². The fourth-order valence-electron chi connectivity index (χ4n) is 2.35. The number of anilines is 1. The fourth-order valence-corrected chi connectivity index (χ4v) is 2.67.